The number of aromatic amines is 1. The number of piperazine rings is 1. The Morgan fingerprint density at radius 3 is 2.73 bits per heavy atom. The Morgan fingerprint density at radius 2 is 1.88 bits per heavy atom. The van der Waals surface area contributed by atoms with Gasteiger partial charge < -0.3 is 10.2 Å². The first-order valence-electron chi connectivity index (χ1n) is 8.85. The van der Waals surface area contributed by atoms with Crippen LogP contribution in [0.1, 0.15) is 25.7 Å². The van der Waals surface area contributed by atoms with E-state index in [1.807, 2.05) is 0 Å². The minimum absolute atomic E-state index is 0.00996. The first-order chi connectivity index (χ1) is 12.5. The molecule has 2 amide bonds. The monoisotopic (exact) mass is 356 g/mol. The maximum absolute atomic E-state index is 12.9. The molecule has 1 aliphatic heterocycles. The Labute approximate surface area is 148 Å². The number of hydrogen-bond donors (Lipinski definition) is 2. The summed E-state index contributed by atoms with van der Waals surface area (Å²) in [7, 11) is 0. The van der Waals surface area contributed by atoms with Gasteiger partial charge in [0.1, 0.15) is 6.54 Å². The maximum Gasteiger partial charge on any atom is 0.329 e. The fourth-order valence-electron chi connectivity index (χ4n) is 4.08. The Kier molecular flexibility index (Phi) is 4.10. The Bertz CT molecular complexity index is 993. The van der Waals surface area contributed by atoms with Gasteiger partial charge in [0.05, 0.1) is 23.5 Å². The molecule has 2 aromatic rings. The maximum atomic E-state index is 12.9. The molecule has 2 heterocycles. The van der Waals surface area contributed by atoms with Crippen molar-refractivity contribution in [2.24, 2.45) is 0 Å². The normalized spacial score (nSPS) is 22.8. The minimum Gasteiger partial charge on any atom is -0.350 e. The predicted molar refractivity (Wildman–Crippen MR) is 94.7 cm³/mol. The summed E-state index contributed by atoms with van der Waals surface area (Å²) in [6.07, 6.45) is 3.76. The molecule has 0 bridgehead atoms. The third-order valence-electron chi connectivity index (χ3n) is 5.31. The summed E-state index contributed by atoms with van der Waals surface area (Å²) in [5.74, 6) is -0.448. The molecule has 0 radical (unpaired) electrons. The van der Waals surface area contributed by atoms with Crippen molar-refractivity contribution in [2.75, 3.05) is 6.54 Å². The average Bonchev–Trinajstić information content (AvgIpc) is 2.64. The summed E-state index contributed by atoms with van der Waals surface area (Å²) in [6, 6.07) is 6.63. The second-order valence-corrected chi connectivity index (χ2v) is 6.91. The van der Waals surface area contributed by atoms with E-state index in [0.29, 0.717) is 10.9 Å². The van der Waals surface area contributed by atoms with Crippen LogP contribution in [0, 0.1) is 0 Å². The van der Waals surface area contributed by atoms with Crippen LogP contribution in [0.25, 0.3) is 10.9 Å². The fourth-order valence-corrected chi connectivity index (χ4v) is 4.08. The van der Waals surface area contributed by atoms with Crippen molar-refractivity contribution in [3.8, 4) is 0 Å². The molecule has 136 valence electrons. The highest BCUT2D eigenvalue weighted by Crippen LogP contribution is 2.26. The smallest absolute Gasteiger partial charge is 0.329 e. The second kappa shape index (κ2) is 6.44. The molecule has 1 saturated heterocycles. The minimum atomic E-state index is -0.622. The van der Waals surface area contributed by atoms with Gasteiger partial charge in [-0.1, -0.05) is 25.0 Å². The van der Waals surface area contributed by atoms with Crippen molar-refractivity contribution >= 4 is 22.7 Å². The van der Waals surface area contributed by atoms with E-state index < -0.39 is 11.2 Å². The molecule has 1 aromatic heterocycles. The number of nitrogens with one attached hydrogen (secondary N) is 2. The van der Waals surface area contributed by atoms with Crippen LogP contribution < -0.4 is 16.6 Å². The molecule has 8 nitrogen and oxygen atoms in total. The van der Waals surface area contributed by atoms with Crippen molar-refractivity contribution in [1.29, 1.82) is 0 Å². The molecule has 2 aliphatic rings. The second-order valence-electron chi connectivity index (χ2n) is 6.91. The lowest BCUT2D eigenvalue weighted by Crippen LogP contribution is -2.63. The Hall–Kier alpha value is -2.90. The SMILES string of the molecule is O=C1CN(C(=O)Cn2c(=O)[nH]c(=O)c3ccccc32)C2CCCCC2N1. The lowest BCUT2D eigenvalue weighted by atomic mass is 9.87. The third-order valence-corrected chi connectivity index (χ3v) is 5.31. The number of benzene rings is 1. The molecule has 1 saturated carbocycles. The first-order valence-corrected chi connectivity index (χ1v) is 8.85. The highest BCUT2D eigenvalue weighted by molar-refractivity contribution is 5.87. The molecular formula is C18H20N4O4. The summed E-state index contributed by atoms with van der Waals surface area (Å²) in [5.41, 5.74) is -0.682. The largest absolute Gasteiger partial charge is 0.350 e. The van der Waals surface area contributed by atoms with Gasteiger partial charge in [-0.3, -0.25) is 23.9 Å². The number of nitrogens with zero attached hydrogens (tertiary/aromatic N) is 2. The number of carbonyl (C=O) groups is 2. The van der Waals surface area contributed by atoms with Crippen molar-refractivity contribution in [3.05, 3.63) is 45.1 Å². The molecule has 2 atom stereocenters. The van der Waals surface area contributed by atoms with Gasteiger partial charge in [-0.05, 0) is 25.0 Å². The summed E-state index contributed by atoms with van der Waals surface area (Å²) < 4.78 is 1.27. The molecular weight excluding hydrogens is 336 g/mol. The molecule has 8 heteroatoms. The molecule has 2 unspecified atom stereocenters. The number of rotatable bonds is 2. The zero-order chi connectivity index (χ0) is 18.3. The van der Waals surface area contributed by atoms with E-state index >= 15 is 0 Å². The Morgan fingerprint density at radius 1 is 1.12 bits per heavy atom. The van der Waals surface area contributed by atoms with E-state index in [9.17, 15) is 19.2 Å². The highest BCUT2D eigenvalue weighted by atomic mass is 16.2. The van der Waals surface area contributed by atoms with Gasteiger partial charge in [0, 0.05) is 6.04 Å². The molecule has 2 N–H and O–H groups in total. The van der Waals surface area contributed by atoms with E-state index in [1.54, 1.807) is 29.2 Å². The van der Waals surface area contributed by atoms with Gasteiger partial charge in [0.15, 0.2) is 0 Å². The van der Waals surface area contributed by atoms with Crippen LogP contribution in [-0.4, -0.2) is 44.9 Å². The van der Waals surface area contributed by atoms with Gasteiger partial charge in [-0.25, -0.2) is 4.79 Å². The molecule has 0 spiro atoms. The topological polar surface area (TPSA) is 104 Å². The van der Waals surface area contributed by atoms with Gasteiger partial charge in [-0.15, -0.1) is 0 Å². The molecule has 4 rings (SSSR count). The van der Waals surface area contributed by atoms with Crippen molar-refractivity contribution in [2.45, 2.75) is 44.3 Å². The fraction of sp³-hybridized carbons (Fsp3) is 0.444. The summed E-state index contributed by atoms with van der Waals surface area (Å²) >= 11 is 0. The van der Waals surface area contributed by atoms with Crippen molar-refractivity contribution < 1.29 is 9.59 Å². The molecule has 1 aliphatic carbocycles. The number of carbonyl (C=O) groups excluding carboxylic acids is 2. The van der Waals surface area contributed by atoms with E-state index in [0.717, 1.165) is 25.7 Å². The van der Waals surface area contributed by atoms with Gasteiger partial charge in [0.25, 0.3) is 5.56 Å². The predicted octanol–water partition coefficient (Wildman–Crippen LogP) is -0.0406. The number of para-hydroxylation sites is 1. The zero-order valence-corrected chi connectivity index (χ0v) is 14.2. The lowest BCUT2D eigenvalue weighted by Gasteiger charge is -2.44. The molecule has 26 heavy (non-hydrogen) atoms. The standard InChI is InChI=1S/C18H20N4O4/c23-15-9-21(14-8-4-2-6-12(14)19-15)16(24)10-22-13-7-3-1-5-11(13)17(25)20-18(22)26/h1,3,5,7,12,14H,2,4,6,8-10H2,(H,19,23)(H,20,25,26). The molecule has 1 aromatic carbocycles. The third kappa shape index (κ3) is 2.81. The Balaban J connectivity index is 1.68. The molecule has 2 fully saturated rings. The van der Waals surface area contributed by atoms with Crippen molar-refractivity contribution in [1.82, 2.24) is 19.8 Å². The number of hydrogen-bond acceptors (Lipinski definition) is 4. The highest BCUT2D eigenvalue weighted by Gasteiger charge is 2.38. The van der Waals surface area contributed by atoms with Crippen LogP contribution >= 0.6 is 0 Å². The van der Waals surface area contributed by atoms with E-state index in [4.69, 9.17) is 0 Å². The zero-order valence-electron chi connectivity index (χ0n) is 14.2. The van der Waals surface area contributed by atoms with E-state index in [2.05, 4.69) is 10.3 Å². The number of aromatic nitrogens is 2. The van der Waals surface area contributed by atoms with Gasteiger partial charge in [-0.2, -0.15) is 0 Å². The van der Waals surface area contributed by atoms with Gasteiger partial charge in [0.2, 0.25) is 11.8 Å². The van der Waals surface area contributed by atoms with Crippen LogP contribution in [0.15, 0.2) is 33.9 Å². The van der Waals surface area contributed by atoms with Crippen molar-refractivity contribution in [3.63, 3.8) is 0 Å². The van der Waals surface area contributed by atoms with Crippen LogP contribution in [0.5, 0.6) is 0 Å². The quantitative estimate of drug-likeness (QED) is 0.788. The average molecular weight is 356 g/mol. The van der Waals surface area contributed by atoms with Crippen LogP contribution in [0.3, 0.4) is 0 Å². The van der Waals surface area contributed by atoms with E-state index in [-0.39, 0.29) is 37.0 Å². The number of amides is 2. The summed E-state index contributed by atoms with van der Waals surface area (Å²) in [4.78, 5) is 53.0. The lowest BCUT2D eigenvalue weighted by molar-refractivity contribution is -0.144. The van der Waals surface area contributed by atoms with Crippen LogP contribution in [-0.2, 0) is 16.1 Å². The first kappa shape index (κ1) is 16.6. The van der Waals surface area contributed by atoms with Crippen LogP contribution in [0.4, 0.5) is 0 Å². The summed E-state index contributed by atoms with van der Waals surface area (Å²) in [5, 5.41) is 3.32. The summed E-state index contributed by atoms with van der Waals surface area (Å²) in [6.45, 7) is -0.192. The number of fused-ring (bicyclic) bond motifs is 2. The van der Waals surface area contributed by atoms with Crippen LogP contribution in [0.2, 0.25) is 0 Å². The van der Waals surface area contributed by atoms with Gasteiger partial charge >= 0.3 is 5.69 Å². The van der Waals surface area contributed by atoms with E-state index in [1.165, 1.54) is 4.57 Å². The number of H-pyrrole nitrogens is 1.